The van der Waals surface area contributed by atoms with Gasteiger partial charge in [0.25, 0.3) is 0 Å². The van der Waals surface area contributed by atoms with Crippen LogP contribution in [0.1, 0.15) is 20.3 Å². The van der Waals surface area contributed by atoms with Crippen LogP contribution in [0.15, 0.2) is 12.3 Å². The van der Waals surface area contributed by atoms with E-state index in [1.807, 2.05) is 19.9 Å². The third kappa shape index (κ3) is 2.06. The summed E-state index contributed by atoms with van der Waals surface area (Å²) >= 11 is 0. The van der Waals surface area contributed by atoms with Crippen molar-refractivity contribution in [1.82, 2.24) is 0 Å². The van der Waals surface area contributed by atoms with Gasteiger partial charge in [0.1, 0.15) is 0 Å². The Morgan fingerprint density at radius 2 is 2.22 bits per heavy atom. The van der Waals surface area contributed by atoms with E-state index in [9.17, 15) is 0 Å². The second-order valence-electron chi connectivity index (χ2n) is 2.53. The standard InChI is InChI=1S/C7H12O2/c1-7(2)8-5-3-4-6-9-7/h3,5H,4,6H2,1-2H3. The summed E-state index contributed by atoms with van der Waals surface area (Å²) in [4.78, 5) is 0. The molecule has 1 aliphatic rings. The zero-order valence-electron chi connectivity index (χ0n) is 5.89. The van der Waals surface area contributed by atoms with Crippen LogP contribution in [0.25, 0.3) is 0 Å². The Labute approximate surface area is 55.5 Å². The van der Waals surface area contributed by atoms with E-state index in [1.54, 1.807) is 6.26 Å². The van der Waals surface area contributed by atoms with Crippen LogP contribution in [-0.4, -0.2) is 12.4 Å². The fraction of sp³-hybridized carbons (Fsp3) is 0.714. The van der Waals surface area contributed by atoms with Crippen LogP contribution >= 0.6 is 0 Å². The van der Waals surface area contributed by atoms with Gasteiger partial charge >= 0.3 is 0 Å². The molecule has 0 radical (unpaired) electrons. The second kappa shape index (κ2) is 2.40. The maximum Gasteiger partial charge on any atom is 0.203 e. The van der Waals surface area contributed by atoms with Gasteiger partial charge < -0.3 is 9.47 Å². The Morgan fingerprint density at radius 1 is 1.44 bits per heavy atom. The molecule has 0 aliphatic carbocycles. The molecule has 0 aromatic heterocycles. The smallest absolute Gasteiger partial charge is 0.203 e. The first-order chi connectivity index (χ1) is 4.21. The van der Waals surface area contributed by atoms with Crippen LogP contribution in [0.5, 0.6) is 0 Å². The van der Waals surface area contributed by atoms with E-state index in [1.165, 1.54) is 0 Å². The summed E-state index contributed by atoms with van der Waals surface area (Å²) in [5.74, 6) is -0.424. The van der Waals surface area contributed by atoms with E-state index in [2.05, 4.69) is 0 Å². The lowest BCUT2D eigenvalue weighted by Gasteiger charge is -2.22. The lowest BCUT2D eigenvalue weighted by molar-refractivity contribution is -0.175. The van der Waals surface area contributed by atoms with Gasteiger partial charge in [-0.15, -0.1) is 0 Å². The van der Waals surface area contributed by atoms with Crippen LogP contribution in [-0.2, 0) is 9.47 Å². The summed E-state index contributed by atoms with van der Waals surface area (Å²) < 4.78 is 10.5. The Morgan fingerprint density at radius 3 is 3.00 bits per heavy atom. The van der Waals surface area contributed by atoms with Crippen LogP contribution in [0.2, 0.25) is 0 Å². The first-order valence-corrected chi connectivity index (χ1v) is 3.17. The van der Waals surface area contributed by atoms with Gasteiger partial charge in [-0.05, 0) is 12.5 Å². The fourth-order valence-corrected chi connectivity index (χ4v) is 0.687. The van der Waals surface area contributed by atoms with Crippen LogP contribution in [0.4, 0.5) is 0 Å². The number of ether oxygens (including phenoxy) is 2. The third-order valence-corrected chi connectivity index (χ3v) is 1.18. The Balaban J connectivity index is 2.48. The van der Waals surface area contributed by atoms with Crippen molar-refractivity contribution < 1.29 is 9.47 Å². The SMILES string of the molecule is CC1(C)OC=CCCO1. The average molecular weight is 128 g/mol. The molecule has 0 saturated heterocycles. The molecule has 0 unspecified atom stereocenters. The van der Waals surface area contributed by atoms with Crippen molar-refractivity contribution in [2.45, 2.75) is 26.1 Å². The van der Waals surface area contributed by atoms with Gasteiger partial charge in [0.15, 0.2) is 0 Å². The molecule has 0 aromatic carbocycles. The summed E-state index contributed by atoms with van der Waals surface area (Å²) in [7, 11) is 0. The zero-order chi connectivity index (χ0) is 6.74. The molecule has 1 aliphatic heterocycles. The molecule has 0 bridgehead atoms. The summed E-state index contributed by atoms with van der Waals surface area (Å²) in [5.41, 5.74) is 0. The molecular weight excluding hydrogens is 116 g/mol. The van der Waals surface area contributed by atoms with Gasteiger partial charge in [-0.1, -0.05) is 0 Å². The predicted molar refractivity (Wildman–Crippen MR) is 34.9 cm³/mol. The third-order valence-electron chi connectivity index (χ3n) is 1.18. The fourth-order valence-electron chi connectivity index (χ4n) is 0.687. The van der Waals surface area contributed by atoms with Crippen molar-refractivity contribution in [2.75, 3.05) is 6.61 Å². The molecule has 0 saturated carbocycles. The highest BCUT2D eigenvalue weighted by molar-refractivity contribution is 4.78. The molecule has 0 N–H and O–H groups in total. The number of hydrogen-bond donors (Lipinski definition) is 0. The molecule has 0 fully saturated rings. The Bertz CT molecular complexity index is 116. The highest BCUT2D eigenvalue weighted by Gasteiger charge is 2.18. The molecule has 0 atom stereocenters. The van der Waals surface area contributed by atoms with Crippen molar-refractivity contribution in [2.24, 2.45) is 0 Å². The van der Waals surface area contributed by atoms with E-state index in [4.69, 9.17) is 9.47 Å². The highest BCUT2D eigenvalue weighted by Crippen LogP contribution is 2.14. The van der Waals surface area contributed by atoms with Crippen molar-refractivity contribution in [1.29, 1.82) is 0 Å². The Hall–Kier alpha value is -0.500. The maximum atomic E-state index is 5.31. The van der Waals surface area contributed by atoms with E-state index in [0.717, 1.165) is 13.0 Å². The van der Waals surface area contributed by atoms with Crippen molar-refractivity contribution in [3.8, 4) is 0 Å². The van der Waals surface area contributed by atoms with E-state index < -0.39 is 5.79 Å². The molecule has 1 rings (SSSR count). The van der Waals surface area contributed by atoms with Gasteiger partial charge in [0.05, 0.1) is 12.9 Å². The van der Waals surface area contributed by atoms with Gasteiger partial charge in [0, 0.05) is 13.8 Å². The normalized spacial score (nSPS) is 24.7. The largest absolute Gasteiger partial charge is 0.471 e. The van der Waals surface area contributed by atoms with E-state index >= 15 is 0 Å². The van der Waals surface area contributed by atoms with Gasteiger partial charge in [-0.25, -0.2) is 0 Å². The van der Waals surface area contributed by atoms with Crippen molar-refractivity contribution in [3.63, 3.8) is 0 Å². The van der Waals surface area contributed by atoms with E-state index in [0.29, 0.717) is 0 Å². The van der Waals surface area contributed by atoms with Crippen LogP contribution in [0.3, 0.4) is 0 Å². The number of hydrogen-bond acceptors (Lipinski definition) is 2. The van der Waals surface area contributed by atoms with Crippen molar-refractivity contribution in [3.05, 3.63) is 12.3 Å². The molecule has 0 aromatic rings. The van der Waals surface area contributed by atoms with Crippen LogP contribution < -0.4 is 0 Å². The zero-order valence-corrected chi connectivity index (χ0v) is 5.89. The predicted octanol–water partition coefficient (Wildman–Crippen LogP) is 1.67. The summed E-state index contributed by atoms with van der Waals surface area (Å²) in [6.07, 6.45) is 4.62. The highest BCUT2D eigenvalue weighted by atomic mass is 16.7. The minimum absolute atomic E-state index is 0.424. The molecule has 2 nitrogen and oxygen atoms in total. The number of rotatable bonds is 0. The quantitative estimate of drug-likeness (QED) is 0.494. The van der Waals surface area contributed by atoms with Gasteiger partial charge in [-0.2, -0.15) is 0 Å². The lowest BCUT2D eigenvalue weighted by Crippen LogP contribution is -2.25. The minimum Gasteiger partial charge on any atom is -0.471 e. The second-order valence-corrected chi connectivity index (χ2v) is 2.53. The topological polar surface area (TPSA) is 18.5 Å². The molecular formula is C7H12O2. The summed E-state index contributed by atoms with van der Waals surface area (Å²) in [5, 5.41) is 0. The van der Waals surface area contributed by atoms with Crippen molar-refractivity contribution >= 4 is 0 Å². The van der Waals surface area contributed by atoms with Gasteiger partial charge in [-0.3, -0.25) is 0 Å². The molecule has 0 spiro atoms. The average Bonchev–Trinajstić information content (AvgIpc) is 1.92. The summed E-state index contributed by atoms with van der Waals surface area (Å²) in [6.45, 7) is 4.56. The maximum absolute atomic E-state index is 5.31. The first kappa shape index (κ1) is 6.62. The molecule has 52 valence electrons. The first-order valence-electron chi connectivity index (χ1n) is 3.17. The lowest BCUT2D eigenvalue weighted by atomic mass is 10.4. The summed E-state index contributed by atoms with van der Waals surface area (Å²) in [6, 6.07) is 0. The monoisotopic (exact) mass is 128 g/mol. The molecule has 9 heavy (non-hydrogen) atoms. The van der Waals surface area contributed by atoms with E-state index in [-0.39, 0.29) is 0 Å². The molecule has 2 heteroatoms. The molecule has 1 heterocycles. The van der Waals surface area contributed by atoms with Gasteiger partial charge in [0.2, 0.25) is 5.79 Å². The van der Waals surface area contributed by atoms with Crippen LogP contribution in [0, 0.1) is 0 Å². The minimum atomic E-state index is -0.424. The Kier molecular flexibility index (Phi) is 1.76. The molecule has 0 amide bonds.